The summed E-state index contributed by atoms with van der Waals surface area (Å²) in [6.45, 7) is 5.69. The highest BCUT2D eigenvalue weighted by atomic mass is 16.1. The number of H-pyrrole nitrogens is 1. The van der Waals surface area contributed by atoms with E-state index in [1.807, 2.05) is 13.8 Å². The zero-order chi connectivity index (χ0) is 14.5. The molecule has 1 aromatic heterocycles. The summed E-state index contributed by atoms with van der Waals surface area (Å²) >= 11 is 0. The van der Waals surface area contributed by atoms with Gasteiger partial charge in [0.25, 0.3) is 0 Å². The van der Waals surface area contributed by atoms with Crippen LogP contribution in [-0.2, 0) is 11.3 Å². The lowest BCUT2D eigenvalue weighted by molar-refractivity contribution is -0.121. The fraction of sp³-hybridized carbons (Fsp3) is 0.733. The molecule has 1 aliphatic heterocycles. The largest absolute Gasteiger partial charge is 0.352 e. The van der Waals surface area contributed by atoms with Gasteiger partial charge in [0.05, 0.1) is 5.69 Å². The van der Waals surface area contributed by atoms with Gasteiger partial charge in [-0.15, -0.1) is 0 Å². The highest BCUT2D eigenvalue weighted by molar-refractivity contribution is 5.75. The van der Waals surface area contributed by atoms with Crippen molar-refractivity contribution in [3.63, 3.8) is 0 Å². The minimum Gasteiger partial charge on any atom is -0.352 e. The van der Waals surface area contributed by atoms with Gasteiger partial charge in [-0.1, -0.05) is 6.42 Å². The first-order valence-corrected chi connectivity index (χ1v) is 7.55. The number of carbonyl (C=O) groups is 1. The minimum absolute atomic E-state index is 0.143. The van der Waals surface area contributed by atoms with E-state index in [0.29, 0.717) is 19.0 Å². The molecule has 0 aliphatic carbocycles. The normalized spacial score (nSPS) is 20.1. The molecule has 2 heterocycles. The lowest BCUT2D eigenvalue weighted by atomic mass is 9.98. The van der Waals surface area contributed by atoms with Gasteiger partial charge in [0, 0.05) is 30.3 Å². The zero-order valence-corrected chi connectivity index (χ0v) is 12.8. The molecule has 1 fully saturated rings. The summed E-state index contributed by atoms with van der Waals surface area (Å²) in [4.78, 5) is 14.3. The summed E-state index contributed by atoms with van der Waals surface area (Å²) in [6.07, 6.45) is 5.39. The van der Waals surface area contributed by atoms with Gasteiger partial charge in [-0.05, 0) is 46.7 Å². The predicted molar refractivity (Wildman–Crippen MR) is 79.4 cm³/mol. The van der Waals surface area contributed by atoms with Crippen LogP contribution < -0.4 is 5.32 Å². The number of nitrogens with zero attached hydrogens (tertiary/aromatic N) is 2. The number of piperidine rings is 1. The van der Waals surface area contributed by atoms with E-state index in [0.717, 1.165) is 23.4 Å². The Hall–Kier alpha value is -1.36. The van der Waals surface area contributed by atoms with Crippen LogP contribution in [0.3, 0.4) is 0 Å². The van der Waals surface area contributed by atoms with Crippen LogP contribution in [0.2, 0.25) is 0 Å². The Balaban J connectivity index is 1.73. The van der Waals surface area contributed by atoms with E-state index in [4.69, 9.17) is 0 Å². The number of likely N-dealkylation sites (tertiary alicyclic amines) is 1. The molecular weight excluding hydrogens is 252 g/mol. The lowest BCUT2D eigenvalue weighted by Crippen LogP contribution is -2.37. The van der Waals surface area contributed by atoms with Crippen molar-refractivity contribution in [2.24, 2.45) is 0 Å². The van der Waals surface area contributed by atoms with Gasteiger partial charge >= 0.3 is 0 Å². The van der Waals surface area contributed by atoms with Crippen LogP contribution in [0.15, 0.2) is 0 Å². The van der Waals surface area contributed by atoms with E-state index in [1.54, 1.807) is 0 Å². The third kappa shape index (κ3) is 3.82. The molecule has 0 aromatic carbocycles. The fourth-order valence-electron chi connectivity index (χ4n) is 2.92. The summed E-state index contributed by atoms with van der Waals surface area (Å²) in [5, 5.41) is 10.1. The molecule has 1 atom stereocenters. The second-order valence-corrected chi connectivity index (χ2v) is 5.86. The van der Waals surface area contributed by atoms with Crippen molar-refractivity contribution >= 4 is 5.91 Å². The van der Waals surface area contributed by atoms with E-state index in [9.17, 15) is 4.79 Å². The van der Waals surface area contributed by atoms with Crippen molar-refractivity contribution in [1.82, 2.24) is 20.4 Å². The van der Waals surface area contributed by atoms with Crippen LogP contribution in [0.1, 0.15) is 49.1 Å². The standard InChI is InChI=1S/C15H26N4O/c1-11-14(12(2)18-17-11)10-16-15(20)8-7-13-6-4-5-9-19(13)3/h13H,4-10H2,1-3H3,(H,16,20)(H,17,18). The summed E-state index contributed by atoms with van der Waals surface area (Å²) in [5.41, 5.74) is 3.11. The van der Waals surface area contributed by atoms with Crippen molar-refractivity contribution < 1.29 is 4.79 Å². The molecule has 0 saturated carbocycles. The van der Waals surface area contributed by atoms with Crippen LogP contribution in [0.25, 0.3) is 0 Å². The molecule has 5 nitrogen and oxygen atoms in total. The van der Waals surface area contributed by atoms with Crippen molar-refractivity contribution in [3.05, 3.63) is 17.0 Å². The van der Waals surface area contributed by atoms with Gasteiger partial charge in [0.2, 0.25) is 5.91 Å². The quantitative estimate of drug-likeness (QED) is 0.865. The number of hydrogen-bond acceptors (Lipinski definition) is 3. The third-order valence-corrected chi connectivity index (χ3v) is 4.37. The van der Waals surface area contributed by atoms with Gasteiger partial charge in [0.15, 0.2) is 0 Å². The average molecular weight is 278 g/mol. The van der Waals surface area contributed by atoms with E-state index < -0.39 is 0 Å². The molecule has 1 saturated heterocycles. The summed E-state index contributed by atoms with van der Waals surface area (Å²) in [7, 11) is 2.17. The maximum absolute atomic E-state index is 11.9. The summed E-state index contributed by atoms with van der Waals surface area (Å²) < 4.78 is 0. The van der Waals surface area contributed by atoms with Gasteiger partial charge in [-0.2, -0.15) is 5.10 Å². The Bertz CT molecular complexity index is 435. The highest BCUT2D eigenvalue weighted by Crippen LogP contribution is 2.19. The highest BCUT2D eigenvalue weighted by Gasteiger charge is 2.19. The van der Waals surface area contributed by atoms with Crippen LogP contribution in [0.5, 0.6) is 0 Å². The molecule has 112 valence electrons. The molecular formula is C15H26N4O. The van der Waals surface area contributed by atoms with E-state index in [1.165, 1.54) is 25.8 Å². The number of amides is 1. The number of aryl methyl sites for hydroxylation is 2. The van der Waals surface area contributed by atoms with Crippen LogP contribution >= 0.6 is 0 Å². The van der Waals surface area contributed by atoms with Crippen LogP contribution in [0.4, 0.5) is 0 Å². The first-order valence-electron chi connectivity index (χ1n) is 7.55. The smallest absolute Gasteiger partial charge is 0.220 e. The topological polar surface area (TPSA) is 61.0 Å². The molecule has 2 rings (SSSR count). The van der Waals surface area contributed by atoms with E-state index >= 15 is 0 Å². The van der Waals surface area contributed by atoms with Gasteiger partial charge in [0.1, 0.15) is 0 Å². The number of rotatable bonds is 5. The van der Waals surface area contributed by atoms with Gasteiger partial charge in [-0.25, -0.2) is 0 Å². The first kappa shape index (κ1) is 15.0. The number of aromatic amines is 1. The second-order valence-electron chi connectivity index (χ2n) is 5.86. The monoisotopic (exact) mass is 278 g/mol. The molecule has 1 aliphatic rings. The predicted octanol–water partition coefficient (Wildman–Crippen LogP) is 1.91. The van der Waals surface area contributed by atoms with Crippen LogP contribution in [0, 0.1) is 13.8 Å². The SMILES string of the molecule is Cc1n[nH]c(C)c1CNC(=O)CCC1CCCCN1C. The van der Waals surface area contributed by atoms with Crippen molar-refractivity contribution in [1.29, 1.82) is 0 Å². The van der Waals surface area contributed by atoms with Crippen molar-refractivity contribution in [3.8, 4) is 0 Å². The molecule has 1 amide bonds. The Morgan fingerprint density at radius 3 is 2.90 bits per heavy atom. The van der Waals surface area contributed by atoms with Crippen molar-refractivity contribution in [2.75, 3.05) is 13.6 Å². The van der Waals surface area contributed by atoms with Crippen LogP contribution in [-0.4, -0.2) is 40.6 Å². The number of aromatic nitrogens is 2. The fourth-order valence-corrected chi connectivity index (χ4v) is 2.92. The Kier molecular flexibility index (Phi) is 5.17. The summed E-state index contributed by atoms with van der Waals surface area (Å²) in [5.74, 6) is 0.143. The molecule has 0 spiro atoms. The molecule has 1 aromatic rings. The Morgan fingerprint density at radius 1 is 1.45 bits per heavy atom. The van der Waals surface area contributed by atoms with E-state index in [-0.39, 0.29) is 5.91 Å². The van der Waals surface area contributed by atoms with Gasteiger partial charge < -0.3 is 10.2 Å². The number of nitrogens with one attached hydrogen (secondary N) is 2. The molecule has 2 N–H and O–H groups in total. The maximum Gasteiger partial charge on any atom is 0.220 e. The second kappa shape index (κ2) is 6.88. The molecule has 1 unspecified atom stereocenters. The molecule has 20 heavy (non-hydrogen) atoms. The molecule has 0 radical (unpaired) electrons. The zero-order valence-electron chi connectivity index (χ0n) is 12.8. The summed E-state index contributed by atoms with van der Waals surface area (Å²) in [6, 6.07) is 0.576. The lowest BCUT2D eigenvalue weighted by Gasteiger charge is -2.32. The first-order chi connectivity index (χ1) is 9.58. The van der Waals surface area contributed by atoms with Crippen molar-refractivity contribution in [2.45, 2.75) is 58.5 Å². The number of hydrogen-bond donors (Lipinski definition) is 2. The van der Waals surface area contributed by atoms with Gasteiger partial charge in [-0.3, -0.25) is 9.89 Å². The third-order valence-electron chi connectivity index (χ3n) is 4.37. The molecule has 5 heteroatoms. The number of carbonyl (C=O) groups excluding carboxylic acids is 1. The van der Waals surface area contributed by atoms with E-state index in [2.05, 4.69) is 27.5 Å². The Morgan fingerprint density at radius 2 is 2.25 bits per heavy atom. The molecule has 0 bridgehead atoms. The average Bonchev–Trinajstić information content (AvgIpc) is 2.75. The Labute approximate surface area is 121 Å². The minimum atomic E-state index is 0.143. The maximum atomic E-state index is 11.9.